The van der Waals surface area contributed by atoms with Gasteiger partial charge in [-0.05, 0) is 43.7 Å². The number of carbonyl (C=O) groups is 2. The first-order valence-electron chi connectivity index (χ1n) is 8.49. The van der Waals surface area contributed by atoms with Gasteiger partial charge >= 0.3 is 0 Å². The molecule has 0 radical (unpaired) electrons. The highest BCUT2D eigenvalue weighted by Gasteiger charge is 2.54. The van der Waals surface area contributed by atoms with Crippen molar-refractivity contribution in [3.63, 3.8) is 0 Å². The molecule has 1 saturated carbocycles. The van der Waals surface area contributed by atoms with Gasteiger partial charge in [0.1, 0.15) is 11.9 Å². The highest BCUT2D eigenvalue weighted by atomic mass is 19.1. The van der Waals surface area contributed by atoms with Gasteiger partial charge in [-0.1, -0.05) is 0 Å². The maximum absolute atomic E-state index is 14.0. The van der Waals surface area contributed by atoms with E-state index in [0.29, 0.717) is 44.7 Å². The quantitative estimate of drug-likeness (QED) is 0.902. The molecule has 1 aromatic rings. The Morgan fingerprint density at radius 1 is 1.42 bits per heavy atom. The summed E-state index contributed by atoms with van der Waals surface area (Å²) in [6, 6.07) is 3.56. The van der Waals surface area contributed by atoms with Gasteiger partial charge in [0.15, 0.2) is 5.67 Å². The van der Waals surface area contributed by atoms with Crippen LogP contribution < -0.4 is 5.32 Å². The van der Waals surface area contributed by atoms with Crippen molar-refractivity contribution < 1.29 is 23.1 Å². The van der Waals surface area contributed by atoms with E-state index in [1.54, 1.807) is 23.3 Å². The topological polar surface area (TPSA) is 71.8 Å². The van der Waals surface area contributed by atoms with E-state index in [2.05, 4.69) is 5.32 Å². The predicted molar refractivity (Wildman–Crippen MR) is 81.6 cm³/mol. The van der Waals surface area contributed by atoms with Crippen LogP contribution in [0.2, 0.25) is 0 Å². The highest BCUT2D eigenvalue weighted by molar-refractivity contribution is 5.88. The summed E-state index contributed by atoms with van der Waals surface area (Å²) in [5.74, 6) is 0.370. The summed E-state index contributed by atoms with van der Waals surface area (Å²) >= 11 is 0. The number of fused-ring (bicyclic) bond motifs is 1. The molecule has 1 aromatic heterocycles. The maximum atomic E-state index is 14.0. The zero-order chi connectivity index (χ0) is 16.7. The molecule has 2 saturated heterocycles. The van der Waals surface area contributed by atoms with Crippen molar-refractivity contribution in [3.05, 3.63) is 24.2 Å². The van der Waals surface area contributed by atoms with Crippen LogP contribution in [0.3, 0.4) is 0 Å². The lowest BCUT2D eigenvalue weighted by atomic mass is 9.91. The van der Waals surface area contributed by atoms with Gasteiger partial charge in [0.05, 0.1) is 18.9 Å². The van der Waals surface area contributed by atoms with Crippen LogP contribution in [0.25, 0.3) is 0 Å². The number of ether oxygens (including phenoxy) is 1. The van der Waals surface area contributed by atoms with Crippen molar-refractivity contribution in [2.75, 3.05) is 13.1 Å². The predicted octanol–water partition coefficient (Wildman–Crippen LogP) is 1.40. The van der Waals surface area contributed by atoms with E-state index in [0.717, 1.165) is 6.42 Å². The molecule has 0 aromatic carbocycles. The molecule has 2 aliphatic heterocycles. The minimum Gasteiger partial charge on any atom is -0.467 e. The van der Waals surface area contributed by atoms with Gasteiger partial charge in [0, 0.05) is 13.1 Å². The van der Waals surface area contributed by atoms with Crippen LogP contribution in [0.15, 0.2) is 22.8 Å². The van der Waals surface area contributed by atoms with Gasteiger partial charge in [-0.25, -0.2) is 4.39 Å². The normalized spacial score (nSPS) is 30.7. The van der Waals surface area contributed by atoms with Gasteiger partial charge in [0.2, 0.25) is 5.91 Å². The summed E-state index contributed by atoms with van der Waals surface area (Å²) < 4.78 is 25.0. The lowest BCUT2D eigenvalue weighted by molar-refractivity contribution is -0.143. The van der Waals surface area contributed by atoms with E-state index in [1.165, 1.54) is 0 Å². The molecule has 2 amide bonds. The average Bonchev–Trinajstić information content (AvgIpc) is 3.03. The molecule has 3 heterocycles. The fourth-order valence-electron chi connectivity index (χ4n) is 3.59. The van der Waals surface area contributed by atoms with E-state index < -0.39 is 17.7 Å². The third-order valence-corrected chi connectivity index (χ3v) is 5.22. The Hall–Kier alpha value is -1.89. The van der Waals surface area contributed by atoms with Crippen molar-refractivity contribution in [2.45, 2.75) is 50.1 Å². The number of nitrogens with one attached hydrogen (secondary N) is 1. The van der Waals surface area contributed by atoms with Crippen molar-refractivity contribution in [1.82, 2.24) is 10.2 Å². The highest BCUT2D eigenvalue weighted by Crippen LogP contribution is 2.43. The first kappa shape index (κ1) is 15.6. The molecule has 0 unspecified atom stereocenters. The number of piperidine rings is 1. The summed E-state index contributed by atoms with van der Waals surface area (Å²) in [5, 5.41) is 2.81. The molecule has 24 heavy (non-hydrogen) atoms. The minimum absolute atomic E-state index is 0.164. The standard InChI is InChI=1S/C17H21FN2O4/c18-17(4-5-17)16(22)20-6-3-11-8-13(24-14(11)10-20)15(21)19-9-12-2-1-7-23-12/h1-2,7,11,13-14H,3-6,8-10H2,(H,19,21)/t11-,13-,14+/m0/s1. The second kappa shape index (κ2) is 5.88. The molecule has 7 heteroatoms. The summed E-state index contributed by atoms with van der Waals surface area (Å²) in [7, 11) is 0. The molecule has 3 aliphatic rings. The largest absolute Gasteiger partial charge is 0.467 e. The van der Waals surface area contributed by atoms with Crippen LogP contribution in [0.1, 0.15) is 31.4 Å². The Balaban J connectivity index is 1.30. The third-order valence-electron chi connectivity index (χ3n) is 5.22. The van der Waals surface area contributed by atoms with Crippen LogP contribution >= 0.6 is 0 Å². The van der Waals surface area contributed by atoms with Crippen LogP contribution in [0.5, 0.6) is 0 Å². The Morgan fingerprint density at radius 2 is 2.25 bits per heavy atom. The summed E-state index contributed by atoms with van der Waals surface area (Å²) in [6.45, 7) is 1.27. The second-order valence-corrected chi connectivity index (χ2v) is 6.96. The van der Waals surface area contributed by atoms with Crippen molar-refractivity contribution in [2.24, 2.45) is 5.92 Å². The fourth-order valence-corrected chi connectivity index (χ4v) is 3.59. The maximum Gasteiger partial charge on any atom is 0.260 e. The zero-order valence-electron chi connectivity index (χ0n) is 13.4. The number of halogens is 1. The SMILES string of the molecule is O=C(NCc1ccco1)[C@@H]1C[C@@H]2CCN(C(=O)C3(F)CC3)C[C@H]2O1. The average molecular weight is 336 g/mol. The fraction of sp³-hybridized carbons (Fsp3) is 0.647. The van der Waals surface area contributed by atoms with Crippen LogP contribution in [-0.4, -0.2) is 47.7 Å². The molecule has 6 nitrogen and oxygen atoms in total. The number of nitrogens with zero attached hydrogens (tertiary/aromatic N) is 1. The number of alkyl halides is 1. The van der Waals surface area contributed by atoms with Crippen molar-refractivity contribution >= 4 is 11.8 Å². The molecule has 3 atom stereocenters. The number of carbonyl (C=O) groups excluding carboxylic acids is 2. The Morgan fingerprint density at radius 3 is 2.96 bits per heavy atom. The van der Waals surface area contributed by atoms with Crippen LogP contribution in [0, 0.1) is 5.92 Å². The van der Waals surface area contributed by atoms with Gasteiger partial charge in [0.25, 0.3) is 5.91 Å². The number of furan rings is 1. The van der Waals surface area contributed by atoms with Gasteiger partial charge in [-0.2, -0.15) is 0 Å². The number of hydrogen-bond acceptors (Lipinski definition) is 4. The molecule has 0 bridgehead atoms. The number of amides is 2. The van der Waals surface area contributed by atoms with E-state index in [1.807, 2.05) is 0 Å². The summed E-state index contributed by atoms with van der Waals surface area (Å²) in [4.78, 5) is 25.9. The Labute approximate surface area is 139 Å². The Kier molecular flexibility index (Phi) is 3.83. The van der Waals surface area contributed by atoms with E-state index in [-0.39, 0.29) is 17.9 Å². The summed E-state index contributed by atoms with van der Waals surface area (Å²) in [5.41, 5.74) is -1.63. The number of rotatable bonds is 4. The molecule has 4 rings (SSSR count). The second-order valence-electron chi connectivity index (χ2n) is 6.96. The van der Waals surface area contributed by atoms with Gasteiger partial charge in [-0.3, -0.25) is 9.59 Å². The summed E-state index contributed by atoms with van der Waals surface area (Å²) in [6.07, 6.45) is 2.94. The molecule has 1 aliphatic carbocycles. The molecule has 130 valence electrons. The minimum atomic E-state index is -1.63. The lowest BCUT2D eigenvalue weighted by Crippen LogP contribution is -2.48. The van der Waals surface area contributed by atoms with Gasteiger partial charge < -0.3 is 19.4 Å². The van der Waals surface area contributed by atoms with E-state index in [4.69, 9.17) is 9.15 Å². The smallest absolute Gasteiger partial charge is 0.260 e. The number of hydrogen-bond donors (Lipinski definition) is 1. The molecular formula is C17H21FN2O4. The zero-order valence-corrected chi connectivity index (χ0v) is 13.4. The third kappa shape index (κ3) is 2.92. The van der Waals surface area contributed by atoms with Crippen molar-refractivity contribution in [3.8, 4) is 0 Å². The van der Waals surface area contributed by atoms with E-state index >= 15 is 0 Å². The monoisotopic (exact) mass is 336 g/mol. The molecule has 3 fully saturated rings. The van der Waals surface area contributed by atoms with Crippen LogP contribution in [0.4, 0.5) is 4.39 Å². The first-order chi connectivity index (χ1) is 11.5. The Bertz CT molecular complexity index is 629. The molecular weight excluding hydrogens is 315 g/mol. The van der Waals surface area contributed by atoms with Crippen molar-refractivity contribution in [1.29, 1.82) is 0 Å². The van der Waals surface area contributed by atoms with Gasteiger partial charge in [-0.15, -0.1) is 0 Å². The first-order valence-corrected chi connectivity index (χ1v) is 8.49. The number of likely N-dealkylation sites (tertiary alicyclic amines) is 1. The molecule has 0 spiro atoms. The van der Waals surface area contributed by atoms with E-state index in [9.17, 15) is 14.0 Å². The lowest BCUT2D eigenvalue weighted by Gasteiger charge is -2.34. The molecule has 1 N–H and O–H groups in total. The van der Waals surface area contributed by atoms with Crippen LogP contribution in [-0.2, 0) is 20.9 Å².